The van der Waals surface area contributed by atoms with Crippen LogP contribution >= 0.6 is 11.8 Å². The second kappa shape index (κ2) is 4.51. The minimum absolute atomic E-state index is 0.866. The molecular formula is C6H14S. The SMILES string of the molecule is CCSC(C)CC. The van der Waals surface area contributed by atoms with Crippen molar-refractivity contribution >= 4 is 11.8 Å². The lowest BCUT2D eigenvalue weighted by atomic mass is 10.4. The minimum Gasteiger partial charge on any atom is -0.159 e. The smallest absolute Gasteiger partial charge is 0.00159 e. The summed E-state index contributed by atoms with van der Waals surface area (Å²) in [5.41, 5.74) is 0. The van der Waals surface area contributed by atoms with E-state index in [9.17, 15) is 0 Å². The van der Waals surface area contributed by atoms with Crippen molar-refractivity contribution in [1.82, 2.24) is 0 Å². The zero-order chi connectivity index (χ0) is 5.70. The highest BCUT2D eigenvalue weighted by atomic mass is 32.2. The Morgan fingerprint density at radius 3 is 2.14 bits per heavy atom. The zero-order valence-electron chi connectivity index (χ0n) is 5.40. The molecule has 0 fully saturated rings. The van der Waals surface area contributed by atoms with Crippen LogP contribution in [0.5, 0.6) is 0 Å². The quantitative estimate of drug-likeness (QED) is 0.548. The van der Waals surface area contributed by atoms with Crippen LogP contribution in [0.2, 0.25) is 0 Å². The topological polar surface area (TPSA) is 0 Å². The highest BCUT2D eigenvalue weighted by Gasteiger charge is 1.92. The molecule has 1 unspecified atom stereocenters. The van der Waals surface area contributed by atoms with Gasteiger partial charge >= 0.3 is 0 Å². The van der Waals surface area contributed by atoms with E-state index in [1.54, 1.807) is 0 Å². The summed E-state index contributed by atoms with van der Waals surface area (Å²) in [5, 5.41) is 0.866. The van der Waals surface area contributed by atoms with Gasteiger partial charge < -0.3 is 0 Å². The van der Waals surface area contributed by atoms with Crippen LogP contribution in [0.25, 0.3) is 0 Å². The summed E-state index contributed by atoms with van der Waals surface area (Å²) >= 11 is 2.03. The van der Waals surface area contributed by atoms with Gasteiger partial charge in [-0.15, -0.1) is 0 Å². The Morgan fingerprint density at radius 1 is 1.43 bits per heavy atom. The normalized spacial score (nSPS) is 14.1. The second-order valence-electron chi connectivity index (χ2n) is 1.67. The molecule has 0 saturated carbocycles. The summed E-state index contributed by atoms with van der Waals surface area (Å²) in [6.45, 7) is 6.71. The van der Waals surface area contributed by atoms with E-state index in [0.717, 1.165) is 5.25 Å². The fourth-order valence-electron chi connectivity index (χ4n) is 0.402. The van der Waals surface area contributed by atoms with Crippen LogP contribution in [0.3, 0.4) is 0 Å². The molecule has 0 rings (SSSR count). The molecule has 0 heterocycles. The molecule has 0 bridgehead atoms. The third-order valence-corrected chi connectivity index (χ3v) is 2.26. The van der Waals surface area contributed by atoms with E-state index in [0.29, 0.717) is 0 Å². The molecule has 0 aromatic carbocycles. The second-order valence-corrected chi connectivity index (χ2v) is 3.39. The highest BCUT2D eigenvalue weighted by molar-refractivity contribution is 7.99. The standard InChI is InChI=1S/C6H14S/c1-4-6(3)7-5-2/h6H,4-5H2,1-3H3. The summed E-state index contributed by atoms with van der Waals surface area (Å²) in [7, 11) is 0. The molecule has 0 aliphatic rings. The van der Waals surface area contributed by atoms with E-state index in [4.69, 9.17) is 0 Å². The molecule has 1 atom stereocenters. The first-order valence-corrected chi connectivity index (χ1v) is 3.97. The van der Waals surface area contributed by atoms with Gasteiger partial charge in [0.2, 0.25) is 0 Å². The van der Waals surface area contributed by atoms with Gasteiger partial charge in [0.25, 0.3) is 0 Å². The Morgan fingerprint density at radius 2 is 2.00 bits per heavy atom. The molecule has 0 N–H and O–H groups in total. The number of thioether (sulfide) groups is 1. The van der Waals surface area contributed by atoms with Crippen molar-refractivity contribution in [1.29, 1.82) is 0 Å². The lowest BCUT2D eigenvalue weighted by Crippen LogP contribution is -1.91. The van der Waals surface area contributed by atoms with E-state index in [1.807, 2.05) is 11.8 Å². The molecule has 0 saturated heterocycles. The summed E-state index contributed by atoms with van der Waals surface area (Å²) in [4.78, 5) is 0. The van der Waals surface area contributed by atoms with Crippen molar-refractivity contribution in [3.63, 3.8) is 0 Å². The summed E-state index contributed by atoms with van der Waals surface area (Å²) in [5.74, 6) is 1.26. The Balaban J connectivity index is 2.83. The maximum atomic E-state index is 2.27. The maximum Gasteiger partial charge on any atom is 0.00159 e. The number of hydrogen-bond acceptors (Lipinski definition) is 1. The molecule has 0 nitrogen and oxygen atoms in total. The van der Waals surface area contributed by atoms with Gasteiger partial charge in [0, 0.05) is 5.25 Å². The Kier molecular flexibility index (Phi) is 4.73. The van der Waals surface area contributed by atoms with Gasteiger partial charge in [-0.2, -0.15) is 11.8 Å². The van der Waals surface area contributed by atoms with Crippen molar-refractivity contribution in [2.24, 2.45) is 0 Å². The lowest BCUT2D eigenvalue weighted by molar-refractivity contribution is 0.906. The molecule has 1 heteroatoms. The lowest BCUT2D eigenvalue weighted by Gasteiger charge is -2.02. The maximum absolute atomic E-state index is 2.27. The van der Waals surface area contributed by atoms with Crippen LogP contribution in [-0.4, -0.2) is 11.0 Å². The van der Waals surface area contributed by atoms with Crippen molar-refractivity contribution < 1.29 is 0 Å². The molecule has 0 aliphatic carbocycles. The van der Waals surface area contributed by atoms with Crippen molar-refractivity contribution in [2.75, 3.05) is 5.75 Å². The van der Waals surface area contributed by atoms with Gasteiger partial charge in [0.15, 0.2) is 0 Å². The Labute approximate surface area is 50.7 Å². The van der Waals surface area contributed by atoms with Crippen molar-refractivity contribution in [3.8, 4) is 0 Å². The summed E-state index contributed by atoms with van der Waals surface area (Å²) in [6, 6.07) is 0. The third-order valence-electron chi connectivity index (χ3n) is 1.03. The molecule has 0 aromatic rings. The molecule has 0 aliphatic heterocycles. The third kappa shape index (κ3) is 4.20. The number of rotatable bonds is 3. The molecule has 0 spiro atoms. The monoisotopic (exact) mass is 118 g/mol. The first kappa shape index (κ1) is 7.35. The highest BCUT2D eigenvalue weighted by Crippen LogP contribution is 2.11. The van der Waals surface area contributed by atoms with Crippen molar-refractivity contribution in [3.05, 3.63) is 0 Å². The predicted molar refractivity (Wildman–Crippen MR) is 37.9 cm³/mol. The molecule has 0 radical (unpaired) electrons. The molecule has 44 valence electrons. The predicted octanol–water partition coefficient (Wildman–Crippen LogP) is 2.54. The fraction of sp³-hybridized carbons (Fsp3) is 1.00. The largest absolute Gasteiger partial charge is 0.159 e. The van der Waals surface area contributed by atoms with Gasteiger partial charge in [-0.3, -0.25) is 0 Å². The summed E-state index contributed by atoms with van der Waals surface area (Å²) in [6.07, 6.45) is 1.30. The molecular weight excluding hydrogens is 104 g/mol. The van der Waals surface area contributed by atoms with E-state index in [1.165, 1.54) is 12.2 Å². The van der Waals surface area contributed by atoms with E-state index in [-0.39, 0.29) is 0 Å². The fourth-order valence-corrected chi connectivity index (χ4v) is 1.21. The van der Waals surface area contributed by atoms with Crippen LogP contribution in [-0.2, 0) is 0 Å². The molecule has 0 aromatic heterocycles. The first-order chi connectivity index (χ1) is 3.31. The van der Waals surface area contributed by atoms with Crippen LogP contribution < -0.4 is 0 Å². The Hall–Kier alpha value is 0.350. The number of hydrogen-bond donors (Lipinski definition) is 0. The van der Waals surface area contributed by atoms with Crippen LogP contribution in [0.4, 0.5) is 0 Å². The minimum atomic E-state index is 0.866. The van der Waals surface area contributed by atoms with Gasteiger partial charge in [0.05, 0.1) is 0 Å². The Bertz CT molecular complexity index is 35.2. The average molecular weight is 118 g/mol. The first-order valence-electron chi connectivity index (χ1n) is 2.92. The van der Waals surface area contributed by atoms with Crippen LogP contribution in [0.15, 0.2) is 0 Å². The van der Waals surface area contributed by atoms with E-state index < -0.39 is 0 Å². The van der Waals surface area contributed by atoms with Gasteiger partial charge in [-0.25, -0.2) is 0 Å². The zero-order valence-corrected chi connectivity index (χ0v) is 6.22. The van der Waals surface area contributed by atoms with Gasteiger partial charge in [0.1, 0.15) is 0 Å². The van der Waals surface area contributed by atoms with E-state index in [2.05, 4.69) is 20.8 Å². The molecule has 0 amide bonds. The van der Waals surface area contributed by atoms with E-state index >= 15 is 0 Å². The summed E-state index contributed by atoms with van der Waals surface area (Å²) < 4.78 is 0. The molecule has 7 heavy (non-hydrogen) atoms. The average Bonchev–Trinajstić information content (AvgIpc) is 1.68. The van der Waals surface area contributed by atoms with Gasteiger partial charge in [-0.1, -0.05) is 20.8 Å². The van der Waals surface area contributed by atoms with Gasteiger partial charge in [-0.05, 0) is 12.2 Å². The van der Waals surface area contributed by atoms with Crippen LogP contribution in [0, 0.1) is 0 Å². The van der Waals surface area contributed by atoms with Crippen LogP contribution in [0.1, 0.15) is 27.2 Å². The van der Waals surface area contributed by atoms with Crippen molar-refractivity contribution in [2.45, 2.75) is 32.4 Å².